The van der Waals surface area contributed by atoms with Crippen molar-refractivity contribution in [3.05, 3.63) is 67.3 Å². The van der Waals surface area contributed by atoms with Crippen molar-refractivity contribution in [3.63, 3.8) is 0 Å². The molecule has 31 heavy (non-hydrogen) atoms. The summed E-state index contributed by atoms with van der Waals surface area (Å²) in [5.74, 6) is 0.459. The summed E-state index contributed by atoms with van der Waals surface area (Å²) >= 11 is 9.77. The predicted molar refractivity (Wildman–Crippen MR) is 128 cm³/mol. The Kier molecular flexibility index (Phi) is 5.58. The molecule has 8 heteroatoms. The van der Waals surface area contributed by atoms with Crippen molar-refractivity contribution in [2.45, 2.75) is 39.3 Å². The summed E-state index contributed by atoms with van der Waals surface area (Å²) in [6.07, 6.45) is 5.92. The van der Waals surface area contributed by atoms with E-state index in [0.29, 0.717) is 17.5 Å². The van der Waals surface area contributed by atoms with Crippen LogP contribution in [0.15, 0.2) is 51.9 Å². The normalized spacial score (nSPS) is 24.5. The van der Waals surface area contributed by atoms with Crippen LogP contribution in [-0.2, 0) is 6.54 Å². The Morgan fingerprint density at radius 3 is 2.77 bits per heavy atom. The van der Waals surface area contributed by atoms with Gasteiger partial charge in [-0.15, -0.1) is 22.7 Å². The highest BCUT2D eigenvalue weighted by Crippen LogP contribution is 2.47. The SMILES string of the molecule is CCn1cc(Cl)c(C(=O)N2N=C3C(=Cc4cccs4)CC(C)CC3C2c2cccs2)n1. The standard InChI is InChI=1S/C23H23ClN4OS2/c1-3-27-13-18(24)21(25-27)23(29)28-22(19-7-5-9-31-19)17-11-14(2)10-15(20(17)26-28)12-16-6-4-8-30-16/h4-9,12-14,17,22H,3,10-11H2,1-2H3. The van der Waals surface area contributed by atoms with Crippen LogP contribution >= 0.6 is 34.3 Å². The zero-order valence-corrected chi connectivity index (χ0v) is 19.8. The summed E-state index contributed by atoms with van der Waals surface area (Å²) in [6, 6.07) is 8.20. The molecule has 1 aliphatic heterocycles. The van der Waals surface area contributed by atoms with Gasteiger partial charge in [-0.05, 0) is 60.2 Å². The third kappa shape index (κ3) is 3.79. The van der Waals surface area contributed by atoms with Crippen LogP contribution in [0.5, 0.6) is 0 Å². The van der Waals surface area contributed by atoms with Crippen molar-refractivity contribution in [1.29, 1.82) is 0 Å². The number of thiophene rings is 2. The Balaban J connectivity index is 1.59. The second kappa shape index (κ2) is 8.37. The van der Waals surface area contributed by atoms with Gasteiger partial charge in [0.1, 0.15) is 0 Å². The Morgan fingerprint density at radius 2 is 2.10 bits per heavy atom. The zero-order chi connectivity index (χ0) is 21.5. The number of carbonyl (C=O) groups is 1. The van der Waals surface area contributed by atoms with Gasteiger partial charge in [-0.1, -0.05) is 30.7 Å². The van der Waals surface area contributed by atoms with E-state index in [1.165, 1.54) is 10.5 Å². The number of allylic oxidation sites excluding steroid dienone is 1. The third-order valence-electron chi connectivity index (χ3n) is 5.91. The zero-order valence-electron chi connectivity index (χ0n) is 17.4. The summed E-state index contributed by atoms with van der Waals surface area (Å²) in [4.78, 5) is 16.0. The van der Waals surface area contributed by atoms with Crippen LogP contribution in [-0.4, -0.2) is 26.4 Å². The quantitative estimate of drug-likeness (QED) is 0.445. The Hall–Kier alpha value is -2.22. The van der Waals surface area contributed by atoms with E-state index in [0.717, 1.165) is 23.4 Å². The topological polar surface area (TPSA) is 50.5 Å². The number of nitrogens with zero attached hydrogens (tertiary/aromatic N) is 4. The molecule has 3 aromatic rings. The molecule has 0 bridgehead atoms. The van der Waals surface area contributed by atoms with Gasteiger partial charge in [-0.3, -0.25) is 9.48 Å². The van der Waals surface area contributed by atoms with Gasteiger partial charge in [-0.25, -0.2) is 5.01 Å². The van der Waals surface area contributed by atoms with E-state index in [2.05, 4.69) is 47.1 Å². The van der Waals surface area contributed by atoms with Crippen molar-refractivity contribution < 1.29 is 4.79 Å². The summed E-state index contributed by atoms with van der Waals surface area (Å²) in [5, 5.41) is 15.5. The molecule has 3 aromatic heterocycles. The van der Waals surface area contributed by atoms with Gasteiger partial charge in [0.05, 0.1) is 16.8 Å². The number of amides is 1. The highest BCUT2D eigenvalue weighted by molar-refractivity contribution is 7.11. The van der Waals surface area contributed by atoms with Gasteiger partial charge in [-0.2, -0.15) is 10.2 Å². The van der Waals surface area contributed by atoms with Gasteiger partial charge < -0.3 is 0 Å². The minimum absolute atomic E-state index is 0.125. The lowest BCUT2D eigenvalue weighted by molar-refractivity contribution is 0.0673. The van der Waals surface area contributed by atoms with Crippen molar-refractivity contribution in [3.8, 4) is 0 Å². The van der Waals surface area contributed by atoms with E-state index in [1.54, 1.807) is 38.6 Å². The van der Waals surface area contributed by atoms with E-state index in [9.17, 15) is 4.79 Å². The maximum atomic E-state index is 13.6. The maximum absolute atomic E-state index is 13.6. The molecule has 1 fully saturated rings. The van der Waals surface area contributed by atoms with E-state index in [4.69, 9.17) is 16.7 Å². The molecule has 5 rings (SSSR count). The van der Waals surface area contributed by atoms with Crippen LogP contribution in [0.2, 0.25) is 5.02 Å². The number of fused-ring (bicyclic) bond motifs is 1. The number of halogens is 1. The van der Waals surface area contributed by atoms with Crippen LogP contribution in [0.1, 0.15) is 53.0 Å². The van der Waals surface area contributed by atoms with Gasteiger partial charge in [0.2, 0.25) is 0 Å². The van der Waals surface area contributed by atoms with Crippen LogP contribution in [0, 0.1) is 11.8 Å². The van der Waals surface area contributed by atoms with Gasteiger partial charge in [0, 0.05) is 28.4 Å². The van der Waals surface area contributed by atoms with Crippen molar-refractivity contribution in [2.24, 2.45) is 16.9 Å². The predicted octanol–water partition coefficient (Wildman–Crippen LogP) is 6.36. The molecular formula is C23H23ClN4OS2. The van der Waals surface area contributed by atoms with Crippen LogP contribution < -0.4 is 0 Å². The number of hydrogen-bond acceptors (Lipinski definition) is 5. The lowest BCUT2D eigenvalue weighted by Crippen LogP contribution is -2.33. The number of hydrazone groups is 1. The summed E-state index contributed by atoms with van der Waals surface area (Å²) < 4.78 is 1.69. The van der Waals surface area contributed by atoms with Crippen LogP contribution in [0.25, 0.3) is 6.08 Å². The highest BCUT2D eigenvalue weighted by atomic mass is 35.5. The first-order chi connectivity index (χ1) is 15.0. The van der Waals surface area contributed by atoms with Gasteiger partial charge in [0.25, 0.3) is 5.91 Å². The second-order valence-corrected chi connectivity index (χ2v) is 10.5. The van der Waals surface area contributed by atoms with Gasteiger partial charge in [0.15, 0.2) is 5.69 Å². The maximum Gasteiger partial charge on any atom is 0.296 e. The molecule has 0 N–H and O–H groups in total. The fraction of sp³-hybridized carbons (Fsp3) is 0.348. The number of hydrogen-bond donors (Lipinski definition) is 0. The van der Waals surface area contributed by atoms with Crippen LogP contribution in [0.4, 0.5) is 0 Å². The summed E-state index contributed by atoms with van der Waals surface area (Å²) in [7, 11) is 0. The lowest BCUT2D eigenvalue weighted by atomic mass is 9.74. The molecule has 160 valence electrons. The average Bonchev–Trinajstić information content (AvgIpc) is 3.53. The largest absolute Gasteiger partial charge is 0.296 e. The Labute approximate surface area is 194 Å². The van der Waals surface area contributed by atoms with Crippen LogP contribution in [0.3, 0.4) is 0 Å². The molecule has 4 heterocycles. The number of aryl methyl sites for hydroxylation is 1. The molecule has 0 spiro atoms. The number of aromatic nitrogens is 2. The van der Waals surface area contributed by atoms with Crippen molar-refractivity contribution in [2.75, 3.05) is 0 Å². The molecule has 1 aliphatic carbocycles. The first-order valence-corrected chi connectivity index (χ1v) is 12.6. The first kappa shape index (κ1) is 20.7. The molecular weight excluding hydrogens is 448 g/mol. The molecule has 0 aromatic carbocycles. The Bertz CT molecular complexity index is 1150. The van der Waals surface area contributed by atoms with E-state index in [1.807, 2.05) is 13.0 Å². The molecule has 0 radical (unpaired) electrons. The monoisotopic (exact) mass is 470 g/mol. The fourth-order valence-corrected chi connectivity index (χ4v) is 6.34. The van der Waals surface area contributed by atoms with Crippen molar-refractivity contribution in [1.82, 2.24) is 14.8 Å². The molecule has 3 unspecified atom stereocenters. The van der Waals surface area contributed by atoms with E-state index < -0.39 is 0 Å². The smallest absolute Gasteiger partial charge is 0.271 e. The first-order valence-electron chi connectivity index (χ1n) is 10.5. The summed E-state index contributed by atoms with van der Waals surface area (Å²) in [6.45, 7) is 4.91. The fourth-order valence-electron chi connectivity index (χ4n) is 4.55. The molecule has 1 amide bonds. The Morgan fingerprint density at radius 1 is 1.29 bits per heavy atom. The van der Waals surface area contributed by atoms with Gasteiger partial charge >= 0.3 is 0 Å². The number of rotatable bonds is 4. The third-order valence-corrected chi connectivity index (χ3v) is 7.95. The minimum atomic E-state index is -0.236. The lowest BCUT2D eigenvalue weighted by Gasteiger charge is -2.31. The average molecular weight is 471 g/mol. The molecule has 0 saturated heterocycles. The molecule has 3 atom stereocenters. The van der Waals surface area contributed by atoms with E-state index >= 15 is 0 Å². The number of carbonyl (C=O) groups excluding carboxylic acids is 1. The molecule has 2 aliphatic rings. The highest BCUT2D eigenvalue weighted by Gasteiger charge is 2.46. The van der Waals surface area contributed by atoms with E-state index in [-0.39, 0.29) is 23.6 Å². The molecule has 5 nitrogen and oxygen atoms in total. The summed E-state index contributed by atoms with van der Waals surface area (Å²) in [5.41, 5.74) is 2.53. The molecule has 1 saturated carbocycles. The van der Waals surface area contributed by atoms with Crippen molar-refractivity contribution >= 4 is 52.0 Å². The minimum Gasteiger partial charge on any atom is -0.271 e. The second-order valence-electron chi connectivity index (χ2n) is 8.11.